The summed E-state index contributed by atoms with van der Waals surface area (Å²) in [6.45, 7) is 0. The Morgan fingerprint density at radius 2 is 1.50 bits per heavy atom. The van der Waals surface area contributed by atoms with Crippen molar-refractivity contribution < 1.29 is 0 Å². The number of benzene rings is 2. The van der Waals surface area contributed by atoms with Gasteiger partial charge < -0.3 is 0 Å². The smallest absolute Gasteiger partial charge is 0.0493 e. The van der Waals surface area contributed by atoms with Gasteiger partial charge in [-0.25, -0.2) is 0 Å². The summed E-state index contributed by atoms with van der Waals surface area (Å²) in [5, 5.41) is 2.19. The van der Waals surface area contributed by atoms with Crippen molar-refractivity contribution in [3.05, 3.63) is 69.2 Å². The highest BCUT2D eigenvalue weighted by Gasteiger charge is 2.00. The highest BCUT2D eigenvalue weighted by molar-refractivity contribution is 9.08. The van der Waals surface area contributed by atoms with E-state index in [9.17, 15) is 0 Å². The largest absolute Gasteiger partial charge is 0.0876 e. The molecule has 0 spiro atoms. The highest BCUT2D eigenvalue weighted by atomic mass is 79.9. The lowest BCUT2D eigenvalue weighted by Gasteiger charge is -2.01. The van der Waals surface area contributed by atoms with Gasteiger partial charge in [0.25, 0.3) is 0 Å². The van der Waals surface area contributed by atoms with Gasteiger partial charge in [-0.15, -0.1) is 0 Å². The van der Waals surface area contributed by atoms with E-state index >= 15 is 0 Å². The van der Waals surface area contributed by atoms with Crippen LogP contribution in [0.15, 0.2) is 42.5 Å². The number of hydrogen-bond acceptors (Lipinski definition) is 0. The molecule has 18 heavy (non-hydrogen) atoms. The quantitative estimate of drug-likeness (QED) is 0.470. The lowest BCUT2D eigenvalue weighted by molar-refractivity contribution is 1.43. The average Bonchev–Trinajstić information content (AvgIpc) is 2.39. The third kappa shape index (κ3) is 3.38. The van der Waals surface area contributed by atoms with Gasteiger partial charge in [0.15, 0.2) is 0 Å². The summed E-state index contributed by atoms with van der Waals surface area (Å²) in [6, 6.07) is 13.8. The number of halogens is 3. The van der Waals surface area contributed by atoms with E-state index in [0.717, 1.165) is 16.5 Å². The van der Waals surface area contributed by atoms with E-state index in [2.05, 4.69) is 40.2 Å². The zero-order valence-electron chi connectivity index (χ0n) is 9.54. The number of alkyl halides is 1. The predicted octanol–water partition coefficient (Wildman–Crippen LogP) is 6.06. The number of hydrogen-bond donors (Lipinski definition) is 0. The SMILES string of the molecule is Clc1cccc(Cl)c1/C=C/c1ccc(CBr)cc1. The predicted molar refractivity (Wildman–Crippen MR) is 84.5 cm³/mol. The minimum atomic E-state index is 0.663. The topological polar surface area (TPSA) is 0 Å². The van der Waals surface area contributed by atoms with Gasteiger partial charge in [-0.3, -0.25) is 0 Å². The van der Waals surface area contributed by atoms with Crippen molar-refractivity contribution in [3.8, 4) is 0 Å². The molecular formula is C15H11BrCl2. The molecule has 0 amide bonds. The van der Waals surface area contributed by atoms with Gasteiger partial charge in [0.05, 0.1) is 0 Å². The molecule has 2 aromatic rings. The second-order valence-corrected chi connectivity index (χ2v) is 5.22. The van der Waals surface area contributed by atoms with Crippen molar-refractivity contribution in [1.29, 1.82) is 0 Å². The molecule has 2 aromatic carbocycles. The standard InChI is InChI=1S/C15H11BrCl2/c16-10-12-6-4-11(5-7-12)8-9-13-14(17)2-1-3-15(13)18/h1-9H,10H2/b9-8+. The van der Waals surface area contributed by atoms with Crippen LogP contribution in [0.5, 0.6) is 0 Å². The van der Waals surface area contributed by atoms with Crippen molar-refractivity contribution in [2.24, 2.45) is 0 Å². The first kappa shape index (κ1) is 13.7. The summed E-state index contributed by atoms with van der Waals surface area (Å²) in [5.74, 6) is 0. The first-order chi connectivity index (χ1) is 8.70. The monoisotopic (exact) mass is 340 g/mol. The van der Waals surface area contributed by atoms with E-state index in [1.165, 1.54) is 5.56 Å². The van der Waals surface area contributed by atoms with Crippen LogP contribution in [0.2, 0.25) is 10.0 Å². The third-order valence-corrected chi connectivity index (χ3v) is 3.88. The summed E-state index contributed by atoms with van der Waals surface area (Å²) in [4.78, 5) is 0. The van der Waals surface area contributed by atoms with Crippen molar-refractivity contribution in [2.75, 3.05) is 0 Å². The van der Waals surface area contributed by atoms with Gasteiger partial charge in [0, 0.05) is 20.9 Å². The summed E-state index contributed by atoms with van der Waals surface area (Å²) in [6.07, 6.45) is 3.94. The van der Waals surface area contributed by atoms with Gasteiger partial charge in [-0.1, -0.05) is 81.6 Å². The molecule has 92 valence electrons. The zero-order chi connectivity index (χ0) is 13.0. The van der Waals surface area contributed by atoms with Crippen molar-refractivity contribution >= 4 is 51.3 Å². The maximum Gasteiger partial charge on any atom is 0.0493 e. The molecule has 0 atom stereocenters. The van der Waals surface area contributed by atoms with Crippen LogP contribution < -0.4 is 0 Å². The molecule has 0 saturated carbocycles. The summed E-state index contributed by atoms with van der Waals surface area (Å²) in [7, 11) is 0. The van der Waals surface area contributed by atoms with Gasteiger partial charge in [0.1, 0.15) is 0 Å². The highest BCUT2D eigenvalue weighted by Crippen LogP contribution is 2.26. The fraction of sp³-hybridized carbons (Fsp3) is 0.0667. The molecule has 0 nitrogen and oxygen atoms in total. The van der Waals surface area contributed by atoms with Crippen LogP contribution in [0.25, 0.3) is 12.2 Å². The molecule has 0 aliphatic heterocycles. The fourth-order valence-corrected chi connectivity index (χ4v) is 2.46. The van der Waals surface area contributed by atoms with Crippen LogP contribution in [0.1, 0.15) is 16.7 Å². The van der Waals surface area contributed by atoms with Crippen LogP contribution in [-0.2, 0) is 5.33 Å². The van der Waals surface area contributed by atoms with Crippen molar-refractivity contribution in [1.82, 2.24) is 0 Å². The minimum Gasteiger partial charge on any atom is -0.0876 e. The first-order valence-corrected chi connectivity index (χ1v) is 7.35. The Labute approximate surface area is 125 Å². The average molecular weight is 342 g/mol. The Kier molecular flexibility index (Phi) is 4.87. The van der Waals surface area contributed by atoms with E-state index in [1.54, 1.807) is 0 Å². The second-order valence-electron chi connectivity index (χ2n) is 3.84. The fourth-order valence-electron chi connectivity index (χ4n) is 1.57. The maximum absolute atomic E-state index is 6.10. The minimum absolute atomic E-state index is 0.663. The third-order valence-electron chi connectivity index (χ3n) is 2.58. The van der Waals surface area contributed by atoms with E-state index in [4.69, 9.17) is 23.2 Å². The molecule has 0 saturated heterocycles. The van der Waals surface area contributed by atoms with Crippen LogP contribution in [0.4, 0.5) is 0 Å². The molecular weight excluding hydrogens is 331 g/mol. The molecule has 0 unspecified atom stereocenters. The van der Waals surface area contributed by atoms with Crippen LogP contribution in [0.3, 0.4) is 0 Å². The zero-order valence-corrected chi connectivity index (χ0v) is 12.6. The Morgan fingerprint density at radius 1 is 0.889 bits per heavy atom. The van der Waals surface area contributed by atoms with Gasteiger partial charge in [-0.05, 0) is 23.3 Å². The summed E-state index contributed by atoms with van der Waals surface area (Å²) >= 11 is 15.6. The number of rotatable bonds is 3. The lowest BCUT2D eigenvalue weighted by Crippen LogP contribution is -1.79. The Morgan fingerprint density at radius 3 is 2.06 bits per heavy atom. The van der Waals surface area contributed by atoms with Gasteiger partial charge in [0.2, 0.25) is 0 Å². The molecule has 0 aliphatic rings. The first-order valence-electron chi connectivity index (χ1n) is 5.47. The second kappa shape index (κ2) is 6.42. The molecule has 0 heterocycles. The van der Waals surface area contributed by atoms with Crippen molar-refractivity contribution in [2.45, 2.75) is 5.33 Å². The normalized spacial score (nSPS) is 11.1. The Hall–Kier alpha value is -0.760. The lowest BCUT2D eigenvalue weighted by atomic mass is 10.1. The Balaban J connectivity index is 2.24. The van der Waals surface area contributed by atoms with E-state index in [-0.39, 0.29) is 0 Å². The molecule has 0 radical (unpaired) electrons. The molecule has 0 fully saturated rings. The van der Waals surface area contributed by atoms with E-state index < -0.39 is 0 Å². The van der Waals surface area contributed by atoms with Crippen LogP contribution >= 0.6 is 39.1 Å². The molecule has 0 aromatic heterocycles. The summed E-state index contributed by atoms with van der Waals surface area (Å²) in [5.41, 5.74) is 3.23. The van der Waals surface area contributed by atoms with E-state index in [1.807, 2.05) is 30.4 Å². The van der Waals surface area contributed by atoms with Gasteiger partial charge >= 0.3 is 0 Å². The van der Waals surface area contributed by atoms with Crippen molar-refractivity contribution in [3.63, 3.8) is 0 Å². The molecule has 0 N–H and O–H groups in total. The van der Waals surface area contributed by atoms with E-state index in [0.29, 0.717) is 10.0 Å². The maximum atomic E-state index is 6.10. The molecule has 2 rings (SSSR count). The van der Waals surface area contributed by atoms with Crippen LogP contribution in [0, 0.1) is 0 Å². The van der Waals surface area contributed by atoms with Crippen LogP contribution in [-0.4, -0.2) is 0 Å². The summed E-state index contributed by atoms with van der Waals surface area (Å²) < 4.78 is 0. The molecule has 3 heteroatoms. The molecule has 0 bridgehead atoms. The Bertz CT molecular complexity index is 539. The molecule has 0 aliphatic carbocycles. The van der Waals surface area contributed by atoms with Gasteiger partial charge in [-0.2, -0.15) is 0 Å².